The molecule has 1 aromatic rings. The molecule has 0 saturated carbocycles. The van der Waals surface area contributed by atoms with Crippen molar-refractivity contribution in [3.05, 3.63) is 35.4 Å². The van der Waals surface area contributed by atoms with Crippen molar-refractivity contribution < 1.29 is 23.1 Å². The Labute approximate surface area is 123 Å². The molecule has 0 bridgehead atoms. The number of carbonyl (C=O) groups is 2. The number of sulfonamides is 1. The predicted molar refractivity (Wildman–Crippen MR) is 77.3 cm³/mol. The molecule has 3 N–H and O–H groups in total. The highest BCUT2D eigenvalue weighted by Gasteiger charge is 2.20. The van der Waals surface area contributed by atoms with E-state index in [0.717, 1.165) is 0 Å². The van der Waals surface area contributed by atoms with Crippen molar-refractivity contribution in [2.75, 3.05) is 6.54 Å². The molecule has 0 fully saturated rings. The quantitative estimate of drug-likeness (QED) is 0.671. The van der Waals surface area contributed by atoms with E-state index in [9.17, 15) is 18.0 Å². The number of nitrogens with one attached hydrogen (secondary N) is 2. The van der Waals surface area contributed by atoms with Crippen LogP contribution in [0.5, 0.6) is 0 Å². The molecule has 21 heavy (non-hydrogen) atoms. The molecular weight excluding hydrogens is 296 g/mol. The van der Waals surface area contributed by atoms with Crippen LogP contribution in [-0.2, 0) is 20.6 Å². The molecule has 8 heteroatoms. The maximum Gasteiger partial charge on any atom is 0.335 e. The maximum atomic E-state index is 11.9. The predicted octanol–water partition coefficient (Wildman–Crippen LogP) is 0.329. The van der Waals surface area contributed by atoms with Gasteiger partial charge >= 0.3 is 5.97 Å². The Morgan fingerprint density at radius 3 is 2.29 bits per heavy atom. The van der Waals surface area contributed by atoms with Crippen LogP contribution in [0.2, 0.25) is 0 Å². The number of carbonyl (C=O) groups excluding carboxylic acids is 1. The summed E-state index contributed by atoms with van der Waals surface area (Å²) in [6.07, 6.45) is 0. The number of aromatic carboxylic acids is 1. The number of amides is 1. The third kappa shape index (κ3) is 5.52. The van der Waals surface area contributed by atoms with Gasteiger partial charge in [0.05, 0.1) is 17.4 Å². The fourth-order valence-corrected chi connectivity index (χ4v) is 3.02. The van der Waals surface area contributed by atoms with Gasteiger partial charge in [-0.05, 0) is 31.5 Å². The van der Waals surface area contributed by atoms with Gasteiger partial charge in [0, 0.05) is 6.54 Å². The minimum absolute atomic E-state index is 0.0831. The van der Waals surface area contributed by atoms with Crippen molar-refractivity contribution in [2.45, 2.75) is 25.6 Å². The molecule has 1 unspecified atom stereocenters. The Balaban J connectivity index is 2.72. The van der Waals surface area contributed by atoms with Crippen molar-refractivity contribution in [2.24, 2.45) is 0 Å². The second-order valence-corrected chi connectivity index (χ2v) is 6.25. The van der Waals surface area contributed by atoms with Gasteiger partial charge in [0.1, 0.15) is 0 Å². The number of hydrogen-bond donors (Lipinski definition) is 3. The van der Waals surface area contributed by atoms with Gasteiger partial charge in [-0.25, -0.2) is 17.9 Å². The van der Waals surface area contributed by atoms with Crippen LogP contribution in [0, 0.1) is 0 Å². The summed E-state index contributed by atoms with van der Waals surface area (Å²) in [7, 11) is -3.69. The highest BCUT2D eigenvalue weighted by Crippen LogP contribution is 2.08. The third-order valence-electron chi connectivity index (χ3n) is 2.66. The highest BCUT2D eigenvalue weighted by molar-refractivity contribution is 7.88. The van der Waals surface area contributed by atoms with Crippen LogP contribution in [0.25, 0.3) is 0 Å². The van der Waals surface area contributed by atoms with E-state index in [4.69, 9.17) is 5.11 Å². The molecule has 0 saturated heterocycles. The van der Waals surface area contributed by atoms with Gasteiger partial charge in [0.2, 0.25) is 15.9 Å². The van der Waals surface area contributed by atoms with Crippen LogP contribution < -0.4 is 10.0 Å². The summed E-state index contributed by atoms with van der Waals surface area (Å²) in [6, 6.07) is 4.66. The molecule has 1 amide bonds. The van der Waals surface area contributed by atoms with Gasteiger partial charge in [-0.3, -0.25) is 4.79 Å². The van der Waals surface area contributed by atoms with Gasteiger partial charge in [0.25, 0.3) is 0 Å². The van der Waals surface area contributed by atoms with Crippen LogP contribution in [-0.4, -0.2) is 38.0 Å². The van der Waals surface area contributed by atoms with Crippen molar-refractivity contribution in [3.8, 4) is 0 Å². The maximum absolute atomic E-state index is 11.9. The van der Waals surface area contributed by atoms with Crippen LogP contribution in [0.1, 0.15) is 29.8 Å². The van der Waals surface area contributed by atoms with Crippen LogP contribution in [0.4, 0.5) is 0 Å². The molecule has 1 aromatic carbocycles. The SMILES string of the molecule is CCNC(=O)C(C)NS(=O)(=O)Cc1ccc(C(=O)O)cc1. The lowest BCUT2D eigenvalue weighted by atomic mass is 10.1. The van der Waals surface area contributed by atoms with E-state index in [-0.39, 0.29) is 11.3 Å². The average Bonchev–Trinajstić information content (AvgIpc) is 2.38. The molecule has 7 nitrogen and oxygen atoms in total. The lowest BCUT2D eigenvalue weighted by Gasteiger charge is -2.13. The molecule has 1 atom stereocenters. The summed E-state index contributed by atoms with van der Waals surface area (Å²) in [5.74, 6) is -1.80. The molecule has 0 aliphatic rings. The van der Waals surface area contributed by atoms with E-state index in [0.29, 0.717) is 12.1 Å². The third-order valence-corrected chi connectivity index (χ3v) is 4.08. The first-order valence-electron chi connectivity index (χ1n) is 6.35. The van der Waals surface area contributed by atoms with E-state index >= 15 is 0 Å². The first-order chi connectivity index (χ1) is 9.75. The van der Waals surface area contributed by atoms with Crippen molar-refractivity contribution in [3.63, 3.8) is 0 Å². The zero-order valence-corrected chi connectivity index (χ0v) is 12.6. The normalized spacial score (nSPS) is 12.7. The second kappa shape index (κ2) is 7.19. The van der Waals surface area contributed by atoms with Crippen molar-refractivity contribution in [1.82, 2.24) is 10.0 Å². The summed E-state index contributed by atoms with van der Waals surface area (Å²) in [6.45, 7) is 3.61. The molecule has 0 aromatic heterocycles. The minimum atomic E-state index is -3.69. The van der Waals surface area contributed by atoms with Crippen LogP contribution in [0.3, 0.4) is 0 Å². The Bertz CT molecular complexity index is 610. The summed E-state index contributed by atoms with van der Waals surface area (Å²) in [5, 5.41) is 11.3. The molecule has 0 aliphatic heterocycles. The molecule has 0 radical (unpaired) electrons. The Morgan fingerprint density at radius 2 is 1.81 bits per heavy atom. The number of carboxylic acids is 1. The van der Waals surface area contributed by atoms with Gasteiger partial charge < -0.3 is 10.4 Å². The second-order valence-electron chi connectivity index (χ2n) is 4.50. The first kappa shape index (κ1) is 17.1. The Hall–Kier alpha value is -1.93. The van der Waals surface area contributed by atoms with Gasteiger partial charge in [-0.1, -0.05) is 12.1 Å². The topological polar surface area (TPSA) is 113 Å². The van der Waals surface area contributed by atoms with Crippen molar-refractivity contribution >= 4 is 21.9 Å². The van der Waals surface area contributed by atoms with Crippen molar-refractivity contribution in [1.29, 1.82) is 0 Å². The lowest BCUT2D eigenvalue weighted by Crippen LogP contribution is -2.45. The van der Waals surface area contributed by atoms with E-state index in [1.165, 1.54) is 31.2 Å². The van der Waals surface area contributed by atoms with Crippen LogP contribution in [0.15, 0.2) is 24.3 Å². The Kier molecular flexibility index (Phi) is 5.86. The van der Waals surface area contributed by atoms with E-state index < -0.39 is 27.9 Å². The number of benzene rings is 1. The molecule has 0 spiro atoms. The van der Waals surface area contributed by atoms with Crippen LogP contribution >= 0.6 is 0 Å². The average molecular weight is 314 g/mol. The number of likely N-dealkylation sites (N-methyl/N-ethyl adjacent to an activating group) is 1. The summed E-state index contributed by atoms with van der Waals surface area (Å²) < 4.78 is 26.1. The van der Waals surface area contributed by atoms with E-state index in [1.54, 1.807) is 6.92 Å². The molecule has 0 heterocycles. The standard InChI is InChI=1S/C13H18N2O5S/c1-3-14-12(16)9(2)15-21(19,20)8-10-4-6-11(7-5-10)13(17)18/h4-7,9,15H,3,8H2,1-2H3,(H,14,16)(H,17,18). The lowest BCUT2D eigenvalue weighted by molar-refractivity contribution is -0.122. The fraction of sp³-hybridized carbons (Fsp3) is 0.385. The summed E-state index contributed by atoms with van der Waals surface area (Å²) >= 11 is 0. The number of carboxylic acid groups (broad SMARTS) is 1. The monoisotopic (exact) mass is 314 g/mol. The largest absolute Gasteiger partial charge is 0.478 e. The molecule has 0 aliphatic carbocycles. The van der Waals surface area contributed by atoms with E-state index in [2.05, 4.69) is 10.0 Å². The first-order valence-corrected chi connectivity index (χ1v) is 8.00. The minimum Gasteiger partial charge on any atom is -0.478 e. The van der Waals surface area contributed by atoms with Gasteiger partial charge in [-0.2, -0.15) is 0 Å². The van der Waals surface area contributed by atoms with Gasteiger partial charge in [0.15, 0.2) is 0 Å². The fourth-order valence-electron chi connectivity index (χ4n) is 1.65. The van der Waals surface area contributed by atoms with Gasteiger partial charge in [-0.15, -0.1) is 0 Å². The molecule has 1 rings (SSSR count). The molecule has 116 valence electrons. The smallest absolute Gasteiger partial charge is 0.335 e. The highest BCUT2D eigenvalue weighted by atomic mass is 32.2. The number of rotatable bonds is 7. The zero-order valence-electron chi connectivity index (χ0n) is 11.8. The summed E-state index contributed by atoms with van der Waals surface area (Å²) in [5.41, 5.74) is 0.524. The Morgan fingerprint density at radius 1 is 1.24 bits per heavy atom. The number of hydrogen-bond acceptors (Lipinski definition) is 4. The summed E-state index contributed by atoms with van der Waals surface area (Å²) in [4.78, 5) is 22.2. The molecular formula is C13H18N2O5S. The van der Waals surface area contributed by atoms with E-state index in [1.807, 2.05) is 0 Å². The zero-order chi connectivity index (χ0) is 16.0.